The summed E-state index contributed by atoms with van der Waals surface area (Å²) in [7, 11) is 1.57. The Hall–Kier alpha value is -3.42. The van der Waals surface area contributed by atoms with E-state index in [0.29, 0.717) is 17.9 Å². The molecule has 0 saturated heterocycles. The second-order valence-corrected chi connectivity index (χ2v) is 7.75. The van der Waals surface area contributed by atoms with Gasteiger partial charge in [0, 0.05) is 24.7 Å². The van der Waals surface area contributed by atoms with E-state index < -0.39 is 11.0 Å². The molecule has 1 atom stereocenters. The number of nitro benzene ring substituents is 1. The Balaban J connectivity index is 2.27. The van der Waals surface area contributed by atoms with Gasteiger partial charge in [-0.25, -0.2) is 0 Å². The summed E-state index contributed by atoms with van der Waals surface area (Å²) < 4.78 is 5.17. The van der Waals surface area contributed by atoms with Gasteiger partial charge in [0.25, 0.3) is 5.69 Å². The summed E-state index contributed by atoms with van der Waals surface area (Å²) in [6, 6.07) is 12.6. The highest BCUT2D eigenvalue weighted by atomic mass is 16.6. The van der Waals surface area contributed by atoms with Crippen LogP contribution in [0.5, 0.6) is 5.75 Å². The second kappa shape index (κ2) is 11.1. The number of amides is 2. The number of carbonyl (C=O) groups excluding carboxylic acids is 2. The van der Waals surface area contributed by atoms with E-state index in [0.717, 1.165) is 5.56 Å². The third-order valence-corrected chi connectivity index (χ3v) is 4.89. The topological polar surface area (TPSA) is 102 Å². The molecule has 0 spiro atoms. The van der Waals surface area contributed by atoms with Gasteiger partial charge in [0.2, 0.25) is 11.8 Å². The lowest BCUT2D eigenvalue weighted by Gasteiger charge is -2.29. The van der Waals surface area contributed by atoms with Crippen molar-refractivity contribution in [2.45, 2.75) is 39.8 Å². The summed E-state index contributed by atoms with van der Waals surface area (Å²) in [6.45, 7) is 6.33. The van der Waals surface area contributed by atoms with Gasteiger partial charge >= 0.3 is 0 Å². The van der Waals surface area contributed by atoms with Crippen LogP contribution in [0.15, 0.2) is 48.5 Å². The van der Waals surface area contributed by atoms with Gasteiger partial charge in [-0.2, -0.15) is 0 Å². The lowest BCUT2D eigenvalue weighted by Crippen LogP contribution is -2.48. The number of para-hydroxylation sites is 1. The molecule has 1 N–H and O–H groups in total. The van der Waals surface area contributed by atoms with Crippen LogP contribution in [0, 0.1) is 16.0 Å². The first-order valence-electron chi connectivity index (χ1n) is 10.1. The van der Waals surface area contributed by atoms with Crippen LogP contribution in [-0.4, -0.2) is 41.3 Å². The average molecular weight is 428 g/mol. The van der Waals surface area contributed by atoms with Crippen LogP contribution in [0.25, 0.3) is 0 Å². The maximum Gasteiger partial charge on any atom is 0.273 e. The molecule has 166 valence electrons. The minimum atomic E-state index is -0.740. The van der Waals surface area contributed by atoms with Crippen molar-refractivity contribution in [2.75, 3.05) is 13.7 Å². The molecule has 0 heterocycles. The van der Waals surface area contributed by atoms with E-state index in [1.165, 1.54) is 11.0 Å². The minimum absolute atomic E-state index is 0.114. The summed E-state index contributed by atoms with van der Waals surface area (Å²) in [5.74, 6) is 0.327. The monoisotopic (exact) mass is 427 g/mol. The maximum absolute atomic E-state index is 13.2. The fourth-order valence-corrected chi connectivity index (χ4v) is 3.07. The van der Waals surface area contributed by atoms with Crippen molar-refractivity contribution in [3.63, 3.8) is 0 Å². The Morgan fingerprint density at radius 3 is 2.32 bits per heavy atom. The van der Waals surface area contributed by atoms with Crippen molar-refractivity contribution in [3.05, 3.63) is 69.8 Å². The van der Waals surface area contributed by atoms with E-state index in [1.807, 2.05) is 26.0 Å². The van der Waals surface area contributed by atoms with Crippen LogP contribution >= 0.6 is 0 Å². The number of rotatable bonds is 10. The molecule has 0 radical (unpaired) electrons. The van der Waals surface area contributed by atoms with Crippen LogP contribution in [-0.2, 0) is 22.6 Å². The van der Waals surface area contributed by atoms with Gasteiger partial charge in [-0.1, -0.05) is 44.2 Å². The number of nitrogens with zero attached hydrogens (tertiary/aromatic N) is 2. The highest BCUT2D eigenvalue weighted by Crippen LogP contribution is 2.21. The van der Waals surface area contributed by atoms with Crippen molar-refractivity contribution < 1.29 is 19.2 Å². The predicted octanol–water partition coefficient (Wildman–Crippen LogP) is 3.34. The van der Waals surface area contributed by atoms with Gasteiger partial charge in [0.1, 0.15) is 11.8 Å². The molecule has 0 aromatic heterocycles. The standard InChI is InChI=1S/C23H29N3O5/c1-16(2)14-24-23(28)17(3)25(15-18-9-11-20(31-4)12-10-18)22(27)13-19-7-5-6-8-21(19)26(29)30/h5-12,16-17H,13-15H2,1-4H3,(H,24,28). The zero-order valence-corrected chi connectivity index (χ0v) is 18.3. The fraction of sp³-hybridized carbons (Fsp3) is 0.391. The van der Waals surface area contributed by atoms with E-state index >= 15 is 0 Å². The van der Waals surface area contributed by atoms with Gasteiger partial charge in [0.15, 0.2) is 0 Å². The third-order valence-electron chi connectivity index (χ3n) is 4.89. The van der Waals surface area contributed by atoms with Gasteiger partial charge in [-0.15, -0.1) is 0 Å². The molecule has 8 heteroatoms. The van der Waals surface area contributed by atoms with Crippen molar-refractivity contribution in [3.8, 4) is 5.75 Å². The van der Waals surface area contributed by atoms with E-state index in [2.05, 4.69) is 5.32 Å². The Bertz CT molecular complexity index is 912. The van der Waals surface area contributed by atoms with Gasteiger partial charge in [-0.3, -0.25) is 19.7 Å². The van der Waals surface area contributed by atoms with Crippen LogP contribution in [0.2, 0.25) is 0 Å². The summed E-state index contributed by atoms with van der Waals surface area (Å²) in [6.07, 6.45) is -0.172. The lowest BCUT2D eigenvalue weighted by atomic mass is 10.1. The third kappa shape index (κ3) is 6.80. The zero-order chi connectivity index (χ0) is 23.0. The number of nitro groups is 1. The number of ether oxygens (including phenoxy) is 1. The molecular weight excluding hydrogens is 398 g/mol. The van der Waals surface area contributed by atoms with Crippen LogP contribution in [0.4, 0.5) is 5.69 Å². The highest BCUT2D eigenvalue weighted by molar-refractivity contribution is 5.88. The Morgan fingerprint density at radius 1 is 1.10 bits per heavy atom. The van der Waals surface area contributed by atoms with Gasteiger partial charge in [0.05, 0.1) is 18.5 Å². The SMILES string of the molecule is COc1ccc(CN(C(=O)Cc2ccccc2[N+](=O)[O-])C(C)C(=O)NCC(C)C)cc1. The number of carbonyl (C=O) groups is 2. The molecule has 2 aromatic carbocycles. The van der Waals surface area contributed by atoms with Gasteiger partial charge in [-0.05, 0) is 30.5 Å². The molecule has 0 aliphatic rings. The largest absolute Gasteiger partial charge is 0.497 e. The van der Waals surface area contributed by atoms with Crippen molar-refractivity contribution in [1.29, 1.82) is 0 Å². The lowest BCUT2D eigenvalue weighted by molar-refractivity contribution is -0.385. The number of hydrogen-bond donors (Lipinski definition) is 1. The Labute approximate surface area is 182 Å². The first kappa shape index (κ1) is 23.9. The minimum Gasteiger partial charge on any atom is -0.497 e. The Kier molecular flexibility index (Phi) is 8.54. The summed E-state index contributed by atoms with van der Waals surface area (Å²) >= 11 is 0. The van der Waals surface area contributed by atoms with Crippen molar-refractivity contribution in [2.24, 2.45) is 5.92 Å². The molecule has 8 nitrogen and oxygen atoms in total. The van der Waals surface area contributed by atoms with Gasteiger partial charge < -0.3 is 15.0 Å². The van der Waals surface area contributed by atoms with Crippen LogP contribution in [0.1, 0.15) is 31.9 Å². The molecule has 31 heavy (non-hydrogen) atoms. The maximum atomic E-state index is 13.2. The fourth-order valence-electron chi connectivity index (χ4n) is 3.07. The molecule has 2 amide bonds. The summed E-state index contributed by atoms with van der Waals surface area (Å²) in [5.41, 5.74) is 1.02. The van der Waals surface area contributed by atoms with E-state index in [-0.39, 0.29) is 36.4 Å². The highest BCUT2D eigenvalue weighted by Gasteiger charge is 2.28. The first-order chi connectivity index (χ1) is 14.7. The quantitative estimate of drug-likeness (QED) is 0.463. The first-order valence-corrected chi connectivity index (χ1v) is 10.1. The summed E-state index contributed by atoms with van der Waals surface area (Å²) in [5, 5.41) is 14.2. The van der Waals surface area contributed by atoms with Crippen LogP contribution < -0.4 is 10.1 Å². The van der Waals surface area contributed by atoms with E-state index in [9.17, 15) is 19.7 Å². The molecule has 1 unspecified atom stereocenters. The molecule has 0 saturated carbocycles. The molecule has 2 aromatic rings. The average Bonchev–Trinajstić information content (AvgIpc) is 2.75. The van der Waals surface area contributed by atoms with E-state index in [1.54, 1.807) is 44.4 Å². The molecular formula is C23H29N3O5. The zero-order valence-electron chi connectivity index (χ0n) is 18.3. The molecule has 0 bridgehead atoms. The van der Waals surface area contributed by atoms with E-state index in [4.69, 9.17) is 4.74 Å². The normalized spacial score (nSPS) is 11.6. The molecule has 2 rings (SSSR count). The van der Waals surface area contributed by atoms with Crippen LogP contribution in [0.3, 0.4) is 0 Å². The number of nitrogens with one attached hydrogen (secondary N) is 1. The number of hydrogen-bond acceptors (Lipinski definition) is 5. The second-order valence-electron chi connectivity index (χ2n) is 7.75. The molecule has 0 aliphatic carbocycles. The van der Waals surface area contributed by atoms with Crippen molar-refractivity contribution in [1.82, 2.24) is 10.2 Å². The number of methoxy groups -OCH3 is 1. The summed E-state index contributed by atoms with van der Waals surface area (Å²) in [4.78, 5) is 38.1. The Morgan fingerprint density at radius 2 is 1.74 bits per heavy atom. The predicted molar refractivity (Wildman–Crippen MR) is 118 cm³/mol. The number of benzene rings is 2. The molecule has 0 fully saturated rings. The molecule has 0 aliphatic heterocycles. The smallest absolute Gasteiger partial charge is 0.273 e. The van der Waals surface area contributed by atoms with Crippen molar-refractivity contribution >= 4 is 17.5 Å².